The highest BCUT2D eigenvalue weighted by Crippen LogP contribution is 2.21. The van der Waals surface area contributed by atoms with E-state index < -0.39 is 5.82 Å². The molecule has 0 aliphatic carbocycles. The summed E-state index contributed by atoms with van der Waals surface area (Å²) in [7, 11) is 0. The zero-order valence-corrected chi connectivity index (χ0v) is 9.51. The van der Waals surface area contributed by atoms with E-state index in [4.69, 9.17) is 22.1 Å². The lowest BCUT2D eigenvalue weighted by Gasteiger charge is -2.15. The van der Waals surface area contributed by atoms with Crippen molar-refractivity contribution in [2.24, 2.45) is 11.7 Å². The third-order valence-corrected chi connectivity index (χ3v) is 3.05. The fourth-order valence-corrected chi connectivity index (χ4v) is 1.82. The molecule has 0 spiro atoms. The van der Waals surface area contributed by atoms with Crippen LogP contribution in [-0.2, 0) is 0 Å². The van der Waals surface area contributed by atoms with Gasteiger partial charge >= 0.3 is 0 Å². The molecule has 1 aromatic rings. The molecule has 1 aliphatic rings. The number of ether oxygens (including phenoxy) is 1. The minimum atomic E-state index is -0.465. The molecule has 2 unspecified atom stereocenters. The van der Waals surface area contributed by atoms with E-state index in [0.717, 1.165) is 13.1 Å². The fourth-order valence-electron chi connectivity index (χ4n) is 1.71. The second-order valence-corrected chi connectivity index (χ2v) is 4.38. The first kappa shape index (κ1) is 11.6. The van der Waals surface area contributed by atoms with E-state index in [1.165, 1.54) is 12.1 Å². The predicted octanol–water partition coefficient (Wildman–Crippen LogP) is 1.40. The summed E-state index contributed by atoms with van der Waals surface area (Å²) in [6.07, 6.45) is 0. The van der Waals surface area contributed by atoms with Crippen molar-refractivity contribution in [3.63, 3.8) is 0 Å². The summed E-state index contributed by atoms with van der Waals surface area (Å²) < 4.78 is 18.6. The third kappa shape index (κ3) is 2.64. The Balaban J connectivity index is 1.91. The van der Waals surface area contributed by atoms with Crippen LogP contribution in [-0.4, -0.2) is 25.7 Å². The lowest BCUT2D eigenvalue weighted by molar-refractivity contribution is 0.248. The highest BCUT2D eigenvalue weighted by atomic mass is 35.5. The molecule has 3 N–H and O–H groups in total. The highest BCUT2D eigenvalue weighted by molar-refractivity contribution is 6.30. The van der Waals surface area contributed by atoms with E-state index in [2.05, 4.69) is 5.32 Å². The van der Waals surface area contributed by atoms with Crippen molar-refractivity contribution in [2.45, 2.75) is 6.04 Å². The van der Waals surface area contributed by atoms with Crippen LogP contribution in [0.15, 0.2) is 18.2 Å². The Morgan fingerprint density at radius 1 is 1.50 bits per heavy atom. The van der Waals surface area contributed by atoms with Gasteiger partial charge in [0.25, 0.3) is 0 Å². The smallest absolute Gasteiger partial charge is 0.145 e. The minimum absolute atomic E-state index is 0.103. The van der Waals surface area contributed by atoms with Crippen molar-refractivity contribution < 1.29 is 9.13 Å². The lowest BCUT2D eigenvalue weighted by atomic mass is 10.1. The third-order valence-electron chi connectivity index (χ3n) is 2.75. The Hall–Kier alpha value is -0.840. The zero-order chi connectivity index (χ0) is 11.5. The van der Waals surface area contributed by atoms with Crippen LogP contribution in [0.4, 0.5) is 4.39 Å². The van der Waals surface area contributed by atoms with Gasteiger partial charge in [-0.3, -0.25) is 0 Å². The first-order chi connectivity index (χ1) is 7.66. The number of rotatable bonds is 3. The molecule has 0 aromatic heterocycles. The monoisotopic (exact) mass is 244 g/mol. The molecular formula is C11H14ClFN2O. The molecule has 3 nitrogen and oxygen atoms in total. The maximum Gasteiger partial charge on any atom is 0.145 e. The molecule has 5 heteroatoms. The number of nitrogens with one attached hydrogen (secondary N) is 1. The van der Waals surface area contributed by atoms with Gasteiger partial charge in [0.05, 0.1) is 11.6 Å². The van der Waals surface area contributed by atoms with Crippen LogP contribution in [0.5, 0.6) is 5.75 Å². The van der Waals surface area contributed by atoms with Gasteiger partial charge in [0.1, 0.15) is 11.6 Å². The van der Waals surface area contributed by atoms with E-state index in [9.17, 15) is 4.39 Å². The molecule has 0 saturated carbocycles. The predicted molar refractivity (Wildman–Crippen MR) is 61.2 cm³/mol. The number of hydrogen-bond acceptors (Lipinski definition) is 3. The Morgan fingerprint density at radius 3 is 2.94 bits per heavy atom. The van der Waals surface area contributed by atoms with Crippen LogP contribution in [0, 0.1) is 11.7 Å². The summed E-state index contributed by atoms with van der Waals surface area (Å²) >= 11 is 5.57. The van der Waals surface area contributed by atoms with Gasteiger partial charge < -0.3 is 15.8 Å². The highest BCUT2D eigenvalue weighted by Gasteiger charge is 2.23. The van der Waals surface area contributed by atoms with Crippen molar-refractivity contribution in [2.75, 3.05) is 19.7 Å². The maximum absolute atomic E-state index is 13.1. The van der Waals surface area contributed by atoms with Crippen LogP contribution in [0.25, 0.3) is 0 Å². The first-order valence-electron chi connectivity index (χ1n) is 5.21. The number of hydrogen-bond donors (Lipinski definition) is 2. The summed E-state index contributed by atoms with van der Waals surface area (Å²) in [4.78, 5) is 0. The van der Waals surface area contributed by atoms with Gasteiger partial charge in [0.2, 0.25) is 0 Å². The summed E-state index contributed by atoms with van der Waals surface area (Å²) in [6.45, 7) is 2.15. The Morgan fingerprint density at radius 2 is 2.31 bits per heavy atom. The largest absolute Gasteiger partial charge is 0.493 e. The first-order valence-corrected chi connectivity index (χ1v) is 5.59. The van der Waals surface area contributed by atoms with Crippen molar-refractivity contribution >= 4 is 11.6 Å². The van der Waals surface area contributed by atoms with Gasteiger partial charge in [-0.15, -0.1) is 0 Å². The Bertz CT molecular complexity index is 375. The molecule has 0 radical (unpaired) electrons. The molecule has 1 heterocycles. The summed E-state index contributed by atoms with van der Waals surface area (Å²) in [5, 5.41) is 3.28. The molecule has 88 valence electrons. The number of benzene rings is 1. The van der Waals surface area contributed by atoms with Crippen molar-refractivity contribution in [1.82, 2.24) is 5.32 Å². The molecular weight excluding hydrogens is 231 g/mol. The van der Waals surface area contributed by atoms with Crippen LogP contribution >= 0.6 is 11.6 Å². The summed E-state index contributed by atoms with van der Waals surface area (Å²) in [5.41, 5.74) is 5.86. The second-order valence-electron chi connectivity index (χ2n) is 3.97. The SMILES string of the molecule is NC1CNCC1COc1ccc(Cl)c(F)c1. The molecule has 2 atom stereocenters. The topological polar surface area (TPSA) is 47.3 Å². The van der Waals surface area contributed by atoms with Crippen molar-refractivity contribution in [3.05, 3.63) is 29.0 Å². The molecule has 16 heavy (non-hydrogen) atoms. The lowest BCUT2D eigenvalue weighted by Crippen LogP contribution is -2.32. The summed E-state index contributed by atoms with van der Waals surface area (Å²) in [6, 6.07) is 4.53. The molecule has 1 fully saturated rings. The van der Waals surface area contributed by atoms with E-state index >= 15 is 0 Å². The van der Waals surface area contributed by atoms with Gasteiger partial charge in [0, 0.05) is 31.1 Å². The molecule has 0 amide bonds. The number of nitrogens with two attached hydrogens (primary N) is 1. The van der Waals surface area contributed by atoms with Crippen molar-refractivity contribution in [3.8, 4) is 5.75 Å². The van der Waals surface area contributed by atoms with Gasteiger partial charge in [0.15, 0.2) is 0 Å². The Labute approximate surface area is 98.7 Å². The normalized spacial score (nSPS) is 24.7. The average molecular weight is 245 g/mol. The van der Waals surface area contributed by atoms with Crippen LogP contribution in [0.3, 0.4) is 0 Å². The molecule has 1 saturated heterocycles. The Kier molecular flexibility index (Phi) is 3.63. The van der Waals surface area contributed by atoms with E-state index in [-0.39, 0.29) is 17.0 Å². The van der Waals surface area contributed by atoms with Gasteiger partial charge in [-0.1, -0.05) is 11.6 Å². The van der Waals surface area contributed by atoms with Gasteiger partial charge in [-0.05, 0) is 12.1 Å². The molecule has 0 bridgehead atoms. The zero-order valence-electron chi connectivity index (χ0n) is 8.75. The standard InChI is InChI=1S/C11H14ClFN2O/c12-9-2-1-8(3-10(9)13)16-6-7-4-15-5-11(7)14/h1-3,7,11,15H,4-6,14H2. The molecule has 2 rings (SSSR count). The van der Waals surface area contributed by atoms with Gasteiger partial charge in [-0.25, -0.2) is 4.39 Å². The van der Waals surface area contributed by atoms with E-state index in [0.29, 0.717) is 12.4 Å². The van der Waals surface area contributed by atoms with Crippen LogP contribution in [0.1, 0.15) is 0 Å². The minimum Gasteiger partial charge on any atom is -0.493 e. The van der Waals surface area contributed by atoms with E-state index in [1.54, 1.807) is 6.07 Å². The maximum atomic E-state index is 13.1. The molecule has 1 aromatic carbocycles. The van der Waals surface area contributed by atoms with Crippen LogP contribution < -0.4 is 15.8 Å². The van der Waals surface area contributed by atoms with Crippen LogP contribution in [0.2, 0.25) is 5.02 Å². The molecule has 1 aliphatic heterocycles. The number of halogens is 2. The fraction of sp³-hybridized carbons (Fsp3) is 0.455. The van der Waals surface area contributed by atoms with E-state index in [1.807, 2.05) is 0 Å². The van der Waals surface area contributed by atoms with Gasteiger partial charge in [-0.2, -0.15) is 0 Å². The summed E-state index contributed by atoms with van der Waals surface area (Å²) in [5.74, 6) is 0.299. The van der Waals surface area contributed by atoms with Crippen molar-refractivity contribution in [1.29, 1.82) is 0 Å². The average Bonchev–Trinajstić information content (AvgIpc) is 2.66. The second kappa shape index (κ2) is 4.99. The quantitative estimate of drug-likeness (QED) is 0.845.